The molecule has 8 heteroatoms. The molecule has 0 saturated carbocycles. The van der Waals surface area contributed by atoms with E-state index in [1.165, 1.54) is 26.0 Å². The summed E-state index contributed by atoms with van der Waals surface area (Å²) in [6.45, 7) is 2.97. The summed E-state index contributed by atoms with van der Waals surface area (Å²) in [5.74, 6) is -15.7. The highest BCUT2D eigenvalue weighted by atomic mass is 32.1. The average Bonchev–Trinajstić information content (AvgIpc) is 3.22. The number of halogens is 6. The van der Waals surface area contributed by atoms with E-state index >= 15 is 17.6 Å². The lowest BCUT2D eigenvalue weighted by molar-refractivity contribution is -0.254. The summed E-state index contributed by atoms with van der Waals surface area (Å²) >= 11 is 1.11. The molecule has 0 aliphatic heterocycles. The fourth-order valence-electron chi connectivity index (χ4n) is 4.70. The van der Waals surface area contributed by atoms with E-state index in [1.807, 2.05) is 0 Å². The summed E-state index contributed by atoms with van der Waals surface area (Å²) < 4.78 is 93.1. The molecule has 0 fully saturated rings. The maximum atomic E-state index is 15.4. The lowest BCUT2D eigenvalue weighted by Gasteiger charge is -2.26. The van der Waals surface area contributed by atoms with Gasteiger partial charge in [0.1, 0.15) is 0 Å². The fraction of sp³-hybridized carbons (Fsp3) is 0.250. The number of benzene rings is 2. The fourth-order valence-corrected chi connectivity index (χ4v) is 5.77. The van der Waals surface area contributed by atoms with E-state index in [9.17, 15) is 8.78 Å². The number of allylic oxidation sites excluding steroid dienone is 2. The van der Waals surface area contributed by atoms with Gasteiger partial charge in [-0.15, -0.1) is 11.3 Å². The Hall–Kier alpha value is -2.74. The van der Waals surface area contributed by atoms with Crippen LogP contribution in [-0.4, -0.2) is 22.3 Å². The molecule has 32 heavy (non-hydrogen) atoms. The zero-order valence-electron chi connectivity index (χ0n) is 17.2. The van der Waals surface area contributed by atoms with Gasteiger partial charge in [0.05, 0.1) is 0 Å². The van der Waals surface area contributed by atoms with Crippen LogP contribution in [0.1, 0.15) is 21.7 Å². The van der Waals surface area contributed by atoms with E-state index in [4.69, 9.17) is 0 Å². The topological polar surface area (TPSA) is 4.93 Å². The van der Waals surface area contributed by atoms with Crippen LogP contribution < -0.4 is 0 Å². The van der Waals surface area contributed by atoms with Crippen molar-refractivity contribution in [3.63, 3.8) is 0 Å². The van der Waals surface area contributed by atoms with E-state index in [2.05, 4.69) is 0 Å². The van der Waals surface area contributed by atoms with Crippen molar-refractivity contribution >= 4 is 43.5 Å². The second-order valence-electron chi connectivity index (χ2n) is 8.04. The molecule has 1 nitrogen and oxygen atoms in total. The van der Waals surface area contributed by atoms with Crippen LogP contribution >= 0.6 is 11.3 Å². The van der Waals surface area contributed by atoms with Crippen LogP contribution in [0.5, 0.6) is 0 Å². The number of hydrogen-bond donors (Lipinski definition) is 0. The summed E-state index contributed by atoms with van der Waals surface area (Å²) in [5.41, 5.74) is -2.39. The molecule has 1 aliphatic carbocycles. The molecular formula is C24H17F6NS. The van der Waals surface area contributed by atoms with Gasteiger partial charge in [0.2, 0.25) is 0 Å². The van der Waals surface area contributed by atoms with Crippen molar-refractivity contribution in [2.45, 2.75) is 31.6 Å². The Balaban J connectivity index is 2.02. The molecule has 0 atom stereocenters. The van der Waals surface area contributed by atoms with Gasteiger partial charge in [0.25, 0.3) is 0 Å². The lowest BCUT2D eigenvalue weighted by Crippen LogP contribution is -2.49. The van der Waals surface area contributed by atoms with Gasteiger partial charge >= 0.3 is 17.8 Å². The van der Waals surface area contributed by atoms with Crippen molar-refractivity contribution in [2.24, 2.45) is 7.05 Å². The molecule has 0 N–H and O–H groups in total. The van der Waals surface area contributed by atoms with Crippen LogP contribution in [0, 0.1) is 13.8 Å². The number of thiophene rings is 1. The molecule has 0 unspecified atom stereocenters. The molecule has 4 aromatic rings. The number of nitrogens with zero attached hydrogens (tertiary/aromatic N) is 1. The van der Waals surface area contributed by atoms with Crippen LogP contribution in [0.3, 0.4) is 0 Å². The van der Waals surface area contributed by atoms with Gasteiger partial charge in [-0.05, 0) is 26.0 Å². The molecule has 0 spiro atoms. The van der Waals surface area contributed by atoms with Crippen molar-refractivity contribution in [1.29, 1.82) is 0 Å². The Labute approximate surface area is 183 Å². The smallest absolute Gasteiger partial charge is 0.347 e. The van der Waals surface area contributed by atoms with Crippen molar-refractivity contribution in [2.75, 3.05) is 0 Å². The van der Waals surface area contributed by atoms with Crippen LogP contribution in [0.4, 0.5) is 26.3 Å². The molecule has 0 radical (unpaired) electrons. The molecule has 2 aromatic heterocycles. The maximum absolute atomic E-state index is 15.4. The Morgan fingerprint density at radius 3 is 1.91 bits per heavy atom. The predicted octanol–water partition coefficient (Wildman–Crippen LogP) is 7.84. The van der Waals surface area contributed by atoms with Crippen LogP contribution in [0.25, 0.3) is 32.1 Å². The normalized spacial score (nSPS) is 19.4. The molecule has 0 saturated heterocycles. The van der Waals surface area contributed by atoms with Gasteiger partial charge in [-0.25, -0.2) is 0 Å². The number of aromatic nitrogens is 1. The Morgan fingerprint density at radius 2 is 1.25 bits per heavy atom. The first-order valence-electron chi connectivity index (χ1n) is 9.84. The van der Waals surface area contributed by atoms with Gasteiger partial charge in [-0.1, -0.05) is 36.4 Å². The van der Waals surface area contributed by atoms with Crippen LogP contribution in [0.15, 0.2) is 48.5 Å². The van der Waals surface area contributed by atoms with Crippen molar-refractivity contribution in [1.82, 2.24) is 4.57 Å². The first kappa shape index (κ1) is 21.1. The molecule has 0 bridgehead atoms. The van der Waals surface area contributed by atoms with Gasteiger partial charge < -0.3 is 4.57 Å². The number of hydrogen-bond acceptors (Lipinski definition) is 1. The van der Waals surface area contributed by atoms with E-state index < -0.39 is 28.9 Å². The first-order chi connectivity index (χ1) is 14.9. The van der Waals surface area contributed by atoms with Gasteiger partial charge in [-0.3, -0.25) is 0 Å². The molecule has 1 aliphatic rings. The monoisotopic (exact) mass is 465 g/mol. The van der Waals surface area contributed by atoms with E-state index in [0.29, 0.717) is 10.2 Å². The molecule has 0 amide bonds. The van der Waals surface area contributed by atoms with Crippen LogP contribution in [-0.2, 0) is 7.05 Å². The molecule has 5 rings (SSSR count). The minimum Gasteiger partial charge on any atom is -0.347 e. The Bertz CT molecular complexity index is 1440. The quantitative estimate of drug-likeness (QED) is 0.266. The summed E-state index contributed by atoms with van der Waals surface area (Å²) in [5, 5.41) is 0.485. The first-order valence-corrected chi connectivity index (χ1v) is 10.7. The van der Waals surface area contributed by atoms with Gasteiger partial charge in [0, 0.05) is 60.9 Å². The number of fused-ring (bicyclic) bond motifs is 2. The second-order valence-corrected chi connectivity index (χ2v) is 9.30. The maximum Gasteiger partial charge on any atom is 0.380 e. The zero-order valence-corrected chi connectivity index (χ0v) is 18.1. The lowest BCUT2D eigenvalue weighted by atomic mass is 9.91. The van der Waals surface area contributed by atoms with E-state index in [-0.39, 0.29) is 32.5 Å². The number of aryl methyl sites for hydroxylation is 2. The minimum absolute atomic E-state index is 0.212. The van der Waals surface area contributed by atoms with Crippen molar-refractivity contribution in [3.8, 4) is 0 Å². The minimum atomic E-state index is -5.58. The number of alkyl halides is 6. The third-order valence-electron chi connectivity index (χ3n) is 6.34. The summed E-state index contributed by atoms with van der Waals surface area (Å²) in [6.07, 6.45) is 0. The number of para-hydroxylation sites is 1. The zero-order chi connectivity index (χ0) is 23.2. The number of rotatable bonds is 2. The molecular weight excluding hydrogens is 448 g/mol. The molecule has 166 valence electrons. The summed E-state index contributed by atoms with van der Waals surface area (Å²) in [4.78, 5) is 0.282. The standard InChI is InChI=1S/C24H17F6NS/c1-12-18(14-8-4-6-10-16(14)31(12)3)20-21(23(27,28)24(29,30)22(20,25)26)19-13(2)32-17-11-7-5-9-15(17)19/h4-11H,1-3H3. The largest absolute Gasteiger partial charge is 0.380 e. The molecule has 2 heterocycles. The van der Waals surface area contributed by atoms with Crippen LogP contribution in [0.2, 0.25) is 0 Å². The SMILES string of the molecule is Cc1sc2ccccc2c1C1=C(c2c(C)n(C)c3ccccc23)C(F)(F)C(F)(F)C1(F)F. The van der Waals surface area contributed by atoms with E-state index in [1.54, 1.807) is 48.0 Å². The third kappa shape index (κ3) is 2.36. The summed E-state index contributed by atoms with van der Waals surface area (Å²) in [7, 11) is 1.59. The average molecular weight is 465 g/mol. The van der Waals surface area contributed by atoms with Gasteiger partial charge in [0.15, 0.2) is 0 Å². The second kappa shape index (κ2) is 6.41. The van der Waals surface area contributed by atoms with Gasteiger partial charge in [-0.2, -0.15) is 26.3 Å². The Kier molecular flexibility index (Phi) is 4.23. The predicted molar refractivity (Wildman–Crippen MR) is 116 cm³/mol. The Morgan fingerprint density at radius 1 is 0.719 bits per heavy atom. The van der Waals surface area contributed by atoms with Crippen molar-refractivity contribution in [3.05, 3.63) is 70.2 Å². The third-order valence-corrected chi connectivity index (χ3v) is 7.42. The highest BCUT2D eigenvalue weighted by Gasteiger charge is 2.80. The van der Waals surface area contributed by atoms with Crippen molar-refractivity contribution < 1.29 is 26.3 Å². The highest BCUT2D eigenvalue weighted by Crippen LogP contribution is 2.66. The highest BCUT2D eigenvalue weighted by molar-refractivity contribution is 7.19. The summed E-state index contributed by atoms with van der Waals surface area (Å²) in [6, 6.07) is 12.8. The van der Waals surface area contributed by atoms with E-state index in [0.717, 1.165) is 11.3 Å². The molecule has 2 aromatic carbocycles.